The van der Waals surface area contributed by atoms with Crippen LogP contribution in [-0.2, 0) is 14.9 Å². The van der Waals surface area contributed by atoms with Crippen LogP contribution in [0, 0.1) is 22.6 Å². The van der Waals surface area contributed by atoms with Gasteiger partial charge in [0.2, 0.25) is 5.91 Å². The third-order valence-electron chi connectivity index (χ3n) is 7.90. The summed E-state index contributed by atoms with van der Waals surface area (Å²) in [7, 11) is 0. The van der Waals surface area contributed by atoms with Gasteiger partial charge in [-0.1, -0.05) is 68.2 Å². The maximum atomic E-state index is 15.7. The van der Waals surface area contributed by atoms with Crippen LogP contribution < -0.4 is 10.6 Å². The van der Waals surface area contributed by atoms with Crippen molar-refractivity contribution in [2.24, 2.45) is 5.41 Å². The standard InChI is InChI=1S/C31H39Cl2FN4O2/c1-19-16-38(17-20(2)40-19)14-13-36-29(39)28-26(23-7-6-8-24(33)27(23)34)31(18-35,21-9-11-22(32)12-10-21)25(37-28)15-30(3,4)5/h6-12,19-20,25-26,28,37H,13-17H2,1-5H3,(H,36,39)/t19-,20+,25?,26?,28?,31?. The second-order valence-electron chi connectivity index (χ2n) is 12.4. The van der Waals surface area contributed by atoms with Crippen molar-refractivity contribution in [3.05, 3.63) is 69.5 Å². The van der Waals surface area contributed by atoms with Gasteiger partial charge in [0.05, 0.1) is 29.3 Å². The first-order valence-electron chi connectivity index (χ1n) is 13.9. The van der Waals surface area contributed by atoms with Gasteiger partial charge in [-0.25, -0.2) is 4.39 Å². The first-order chi connectivity index (χ1) is 18.9. The lowest BCUT2D eigenvalue weighted by Crippen LogP contribution is -2.50. The molecule has 1 amide bonds. The zero-order valence-corrected chi connectivity index (χ0v) is 25.3. The first kappa shape index (κ1) is 30.7. The van der Waals surface area contributed by atoms with Crippen molar-refractivity contribution >= 4 is 29.1 Å². The largest absolute Gasteiger partial charge is 0.373 e. The molecule has 0 bridgehead atoms. The summed E-state index contributed by atoms with van der Waals surface area (Å²) >= 11 is 12.5. The Hall–Kier alpha value is -2.21. The number of amides is 1. The lowest BCUT2D eigenvalue weighted by atomic mass is 9.63. The highest BCUT2D eigenvalue weighted by Crippen LogP contribution is 2.52. The molecule has 0 aliphatic carbocycles. The van der Waals surface area contributed by atoms with E-state index >= 15 is 4.39 Å². The molecule has 0 saturated carbocycles. The van der Waals surface area contributed by atoms with E-state index in [1.54, 1.807) is 36.4 Å². The van der Waals surface area contributed by atoms with E-state index in [1.807, 2.05) is 13.8 Å². The molecule has 6 atom stereocenters. The minimum absolute atomic E-state index is 0.0468. The highest BCUT2D eigenvalue weighted by molar-refractivity contribution is 6.31. The van der Waals surface area contributed by atoms with E-state index in [0.717, 1.165) is 13.1 Å². The SMILES string of the molecule is C[C@@H]1CN(CCNC(=O)C2NC(CC(C)(C)C)C(C#N)(c3ccc(Cl)cc3)C2c2cccc(Cl)c2F)C[C@H](C)O1. The summed E-state index contributed by atoms with van der Waals surface area (Å²) in [6.07, 6.45) is 0.828. The van der Waals surface area contributed by atoms with Gasteiger partial charge in [-0.3, -0.25) is 9.69 Å². The zero-order valence-electron chi connectivity index (χ0n) is 23.8. The maximum absolute atomic E-state index is 15.7. The molecule has 4 unspecified atom stereocenters. The Bertz CT molecular complexity index is 1240. The summed E-state index contributed by atoms with van der Waals surface area (Å²) < 4.78 is 21.6. The van der Waals surface area contributed by atoms with Gasteiger partial charge in [-0.05, 0) is 55.0 Å². The van der Waals surface area contributed by atoms with E-state index in [1.165, 1.54) is 6.07 Å². The van der Waals surface area contributed by atoms with Crippen LogP contribution in [0.25, 0.3) is 0 Å². The van der Waals surface area contributed by atoms with Crippen LogP contribution >= 0.6 is 23.2 Å². The Labute approximate surface area is 247 Å². The molecule has 2 saturated heterocycles. The van der Waals surface area contributed by atoms with E-state index in [9.17, 15) is 10.1 Å². The lowest BCUT2D eigenvalue weighted by Gasteiger charge is -2.37. The molecule has 6 nitrogen and oxygen atoms in total. The predicted molar refractivity (Wildman–Crippen MR) is 157 cm³/mol. The second-order valence-corrected chi connectivity index (χ2v) is 13.2. The van der Waals surface area contributed by atoms with E-state index in [0.29, 0.717) is 30.1 Å². The fourth-order valence-electron chi connectivity index (χ4n) is 6.40. The molecule has 2 N–H and O–H groups in total. The summed E-state index contributed by atoms with van der Waals surface area (Å²) in [6, 6.07) is 13.1. The molecule has 40 heavy (non-hydrogen) atoms. The number of morpholine rings is 1. The highest BCUT2D eigenvalue weighted by atomic mass is 35.5. The lowest BCUT2D eigenvalue weighted by molar-refractivity contribution is -0.123. The minimum Gasteiger partial charge on any atom is -0.373 e. The molecule has 2 aliphatic heterocycles. The summed E-state index contributed by atoms with van der Waals surface area (Å²) in [4.78, 5) is 16.2. The number of carbonyl (C=O) groups is 1. The average molecular weight is 590 g/mol. The number of hydrogen-bond donors (Lipinski definition) is 2. The second kappa shape index (κ2) is 12.3. The van der Waals surface area contributed by atoms with Gasteiger partial charge in [0.15, 0.2) is 0 Å². The Kier molecular flexibility index (Phi) is 9.49. The molecule has 0 aromatic heterocycles. The van der Waals surface area contributed by atoms with E-state index in [4.69, 9.17) is 27.9 Å². The highest BCUT2D eigenvalue weighted by Gasteiger charge is 2.60. The number of hydrogen-bond acceptors (Lipinski definition) is 5. The Balaban J connectivity index is 1.73. The van der Waals surface area contributed by atoms with Gasteiger partial charge in [-0.2, -0.15) is 5.26 Å². The number of carbonyl (C=O) groups excluding carboxylic acids is 1. The van der Waals surface area contributed by atoms with Crippen LogP contribution in [0.1, 0.15) is 58.1 Å². The Morgan fingerprint density at radius 2 is 1.82 bits per heavy atom. The number of nitrogens with one attached hydrogen (secondary N) is 2. The van der Waals surface area contributed by atoms with Crippen molar-refractivity contribution in [3.8, 4) is 6.07 Å². The third-order valence-corrected chi connectivity index (χ3v) is 8.44. The summed E-state index contributed by atoms with van der Waals surface area (Å²) in [6.45, 7) is 13.0. The molecule has 4 rings (SSSR count). The van der Waals surface area contributed by atoms with Crippen LogP contribution in [0.2, 0.25) is 10.0 Å². The number of halogens is 3. The van der Waals surface area contributed by atoms with Gasteiger partial charge >= 0.3 is 0 Å². The maximum Gasteiger partial charge on any atom is 0.237 e. The molecule has 2 aliphatic rings. The molecule has 9 heteroatoms. The van der Waals surface area contributed by atoms with Crippen molar-refractivity contribution in [1.29, 1.82) is 5.26 Å². The smallest absolute Gasteiger partial charge is 0.237 e. The van der Waals surface area contributed by atoms with E-state index < -0.39 is 29.2 Å². The Morgan fingerprint density at radius 1 is 1.18 bits per heavy atom. The van der Waals surface area contributed by atoms with Gasteiger partial charge < -0.3 is 15.4 Å². The molecule has 0 spiro atoms. The number of ether oxygens (including phenoxy) is 1. The monoisotopic (exact) mass is 588 g/mol. The minimum atomic E-state index is -1.26. The van der Waals surface area contributed by atoms with Crippen LogP contribution in [0.4, 0.5) is 4.39 Å². The van der Waals surface area contributed by atoms with Crippen LogP contribution in [0.3, 0.4) is 0 Å². The van der Waals surface area contributed by atoms with Gasteiger partial charge in [-0.15, -0.1) is 0 Å². The Morgan fingerprint density at radius 3 is 2.42 bits per heavy atom. The first-order valence-corrected chi connectivity index (χ1v) is 14.6. The number of benzene rings is 2. The third kappa shape index (κ3) is 6.48. The van der Waals surface area contributed by atoms with E-state index in [2.05, 4.69) is 42.4 Å². The molecular formula is C31H39Cl2FN4O2. The zero-order chi connectivity index (χ0) is 29.2. The molecule has 2 heterocycles. The van der Waals surface area contributed by atoms with Crippen LogP contribution in [-0.4, -0.2) is 61.3 Å². The fourth-order valence-corrected chi connectivity index (χ4v) is 6.71. The predicted octanol–water partition coefficient (Wildman–Crippen LogP) is 5.68. The number of nitriles is 1. The molecule has 2 fully saturated rings. The van der Waals surface area contributed by atoms with Crippen molar-refractivity contribution in [2.45, 2.75) is 76.7 Å². The van der Waals surface area contributed by atoms with Gasteiger partial charge in [0.1, 0.15) is 11.2 Å². The van der Waals surface area contributed by atoms with Gasteiger partial charge in [0.25, 0.3) is 0 Å². The fraction of sp³-hybridized carbons (Fsp3) is 0.548. The van der Waals surface area contributed by atoms with Crippen molar-refractivity contribution in [2.75, 3.05) is 26.2 Å². The summed E-state index contributed by atoms with van der Waals surface area (Å²) in [5.74, 6) is -1.73. The van der Waals surface area contributed by atoms with Crippen LogP contribution in [0.5, 0.6) is 0 Å². The summed E-state index contributed by atoms with van der Waals surface area (Å²) in [5, 5.41) is 18.0. The summed E-state index contributed by atoms with van der Waals surface area (Å²) in [5.41, 5.74) is -0.528. The molecule has 0 radical (unpaired) electrons. The van der Waals surface area contributed by atoms with Crippen molar-refractivity contribution < 1.29 is 13.9 Å². The topological polar surface area (TPSA) is 77.4 Å². The quantitative estimate of drug-likeness (QED) is 0.435. The number of nitrogens with zero attached hydrogens (tertiary/aromatic N) is 2. The average Bonchev–Trinajstić information content (AvgIpc) is 3.18. The molecule has 216 valence electrons. The normalized spacial score (nSPS) is 29.2. The van der Waals surface area contributed by atoms with Crippen molar-refractivity contribution in [3.63, 3.8) is 0 Å². The number of rotatable bonds is 7. The van der Waals surface area contributed by atoms with Gasteiger partial charge in [0, 0.05) is 43.2 Å². The molecular weight excluding hydrogens is 550 g/mol. The van der Waals surface area contributed by atoms with Crippen molar-refractivity contribution in [1.82, 2.24) is 15.5 Å². The van der Waals surface area contributed by atoms with Crippen LogP contribution in [0.15, 0.2) is 42.5 Å². The molecule has 2 aromatic rings. The van der Waals surface area contributed by atoms with E-state index in [-0.39, 0.29) is 34.1 Å². The molecule has 2 aromatic carbocycles.